The fourth-order valence-corrected chi connectivity index (χ4v) is 2.33. The molecule has 0 bridgehead atoms. The predicted octanol–water partition coefficient (Wildman–Crippen LogP) is 2.21. The number of esters is 1. The predicted molar refractivity (Wildman–Crippen MR) is 71.6 cm³/mol. The number of hydrogen-bond donors (Lipinski definition) is 2. The van der Waals surface area contributed by atoms with E-state index >= 15 is 0 Å². The molecule has 100 valence electrons. The number of aryl methyl sites for hydroxylation is 1. The summed E-state index contributed by atoms with van der Waals surface area (Å²) in [5.74, 6) is -0.716. The Morgan fingerprint density at radius 2 is 2.32 bits per heavy atom. The van der Waals surface area contributed by atoms with Gasteiger partial charge in [-0.1, -0.05) is 11.3 Å². The van der Waals surface area contributed by atoms with Gasteiger partial charge in [-0.25, -0.2) is 9.78 Å². The number of aromatic amines is 1. The molecule has 2 aromatic heterocycles. The average Bonchev–Trinajstić information content (AvgIpc) is 2.99. The van der Waals surface area contributed by atoms with Gasteiger partial charge < -0.3 is 9.72 Å². The second kappa shape index (κ2) is 5.66. The van der Waals surface area contributed by atoms with Crippen molar-refractivity contribution in [2.24, 2.45) is 0 Å². The highest BCUT2D eigenvalue weighted by molar-refractivity contribution is 7.17. The van der Waals surface area contributed by atoms with Gasteiger partial charge >= 0.3 is 5.97 Å². The maximum absolute atomic E-state index is 11.8. The summed E-state index contributed by atoms with van der Waals surface area (Å²) in [6.45, 7) is 3.75. The van der Waals surface area contributed by atoms with Crippen LogP contribution in [0.3, 0.4) is 0 Å². The van der Waals surface area contributed by atoms with Crippen LogP contribution in [0, 0.1) is 6.92 Å². The van der Waals surface area contributed by atoms with Gasteiger partial charge in [0.2, 0.25) is 0 Å². The molecule has 0 fully saturated rings. The number of H-pyrrole nitrogens is 1. The van der Waals surface area contributed by atoms with Gasteiger partial charge in [-0.05, 0) is 26.0 Å². The van der Waals surface area contributed by atoms with Crippen LogP contribution in [0.5, 0.6) is 0 Å². The summed E-state index contributed by atoms with van der Waals surface area (Å²) >= 11 is 1.10. The maximum Gasteiger partial charge on any atom is 0.350 e. The lowest BCUT2D eigenvalue weighted by Gasteiger charge is -1.98. The largest absolute Gasteiger partial charge is 0.462 e. The van der Waals surface area contributed by atoms with Crippen molar-refractivity contribution in [3.63, 3.8) is 0 Å². The molecule has 19 heavy (non-hydrogen) atoms. The number of anilines is 1. The zero-order chi connectivity index (χ0) is 13.8. The van der Waals surface area contributed by atoms with E-state index in [1.807, 2.05) is 0 Å². The quantitative estimate of drug-likeness (QED) is 0.840. The highest BCUT2D eigenvalue weighted by Crippen LogP contribution is 2.23. The van der Waals surface area contributed by atoms with Gasteiger partial charge in [0.05, 0.1) is 12.3 Å². The second-order valence-corrected chi connectivity index (χ2v) is 4.69. The SMILES string of the molecule is CCOC(=O)c1sc(NC(=O)c2ccc[nH]2)nc1C. The van der Waals surface area contributed by atoms with E-state index in [0.717, 1.165) is 11.3 Å². The van der Waals surface area contributed by atoms with Crippen LogP contribution in [0.4, 0.5) is 5.13 Å². The summed E-state index contributed by atoms with van der Waals surface area (Å²) in [5, 5.41) is 3.01. The van der Waals surface area contributed by atoms with Gasteiger partial charge in [-0.2, -0.15) is 0 Å². The van der Waals surface area contributed by atoms with Gasteiger partial charge in [-0.3, -0.25) is 10.1 Å². The molecule has 0 aliphatic rings. The molecule has 2 rings (SSSR count). The van der Waals surface area contributed by atoms with Crippen molar-refractivity contribution in [2.45, 2.75) is 13.8 Å². The molecule has 1 amide bonds. The Labute approximate surface area is 113 Å². The molecule has 2 N–H and O–H groups in total. The minimum atomic E-state index is -0.419. The van der Waals surface area contributed by atoms with Crippen molar-refractivity contribution in [1.29, 1.82) is 0 Å². The van der Waals surface area contributed by atoms with E-state index in [4.69, 9.17) is 4.74 Å². The van der Waals surface area contributed by atoms with Crippen molar-refractivity contribution in [3.8, 4) is 0 Å². The molecule has 0 radical (unpaired) electrons. The monoisotopic (exact) mass is 279 g/mol. The van der Waals surface area contributed by atoms with Crippen LogP contribution >= 0.6 is 11.3 Å². The topological polar surface area (TPSA) is 84.1 Å². The fraction of sp³-hybridized carbons (Fsp3) is 0.250. The first-order chi connectivity index (χ1) is 9.11. The smallest absolute Gasteiger partial charge is 0.350 e. The Balaban J connectivity index is 2.12. The van der Waals surface area contributed by atoms with Crippen molar-refractivity contribution in [2.75, 3.05) is 11.9 Å². The molecule has 0 aliphatic heterocycles. The Morgan fingerprint density at radius 1 is 1.53 bits per heavy atom. The summed E-state index contributed by atoms with van der Waals surface area (Å²) in [6, 6.07) is 3.38. The lowest BCUT2D eigenvalue weighted by atomic mass is 10.4. The van der Waals surface area contributed by atoms with Gasteiger partial charge in [0, 0.05) is 6.20 Å². The Kier molecular flexibility index (Phi) is 3.96. The van der Waals surface area contributed by atoms with E-state index in [9.17, 15) is 9.59 Å². The van der Waals surface area contributed by atoms with E-state index in [0.29, 0.717) is 28.0 Å². The Bertz CT molecular complexity index is 589. The van der Waals surface area contributed by atoms with Gasteiger partial charge in [0.15, 0.2) is 5.13 Å². The summed E-state index contributed by atoms with van der Waals surface area (Å²) in [6.07, 6.45) is 1.66. The van der Waals surface area contributed by atoms with Crippen LogP contribution in [0.15, 0.2) is 18.3 Å². The van der Waals surface area contributed by atoms with Crippen molar-refractivity contribution >= 4 is 28.3 Å². The number of nitrogens with zero attached hydrogens (tertiary/aromatic N) is 1. The zero-order valence-electron chi connectivity index (χ0n) is 10.5. The number of aromatic nitrogens is 2. The number of thiazole rings is 1. The second-order valence-electron chi connectivity index (χ2n) is 3.69. The zero-order valence-corrected chi connectivity index (χ0v) is 11.3. The molecule has 2 heterocycles. The number of carbonyl (C=O) groups excluding carboxylic acids is 2. The lowest BCUT2D eigenvalue weighted by Crippen LogP contribution is -2.11. The van der Waals surface area contributed by atoms with Gasteiger partial charge in [-0.15, -0.1) is 0 Å². The number of carbonyl (C=O) groups is 2. The van der Waals surface area contributed by atoms with E-state index in [1.54, 1.807) is 32.2 Å². The Morgan fingerprint density at radius 3 is 2.95 bits per heavy atom. The number of amides is 1. The summed E-state index contributed by atoms with van der Waals surface area (Å²) in [5.41, 5.74) is 0.982. The molecule has 0 aliphatic carbocycles. The molecule has 0 spiro atoms. The van der Waals surface area contributed by atoms with E-state index in [2.05, 4.69) is 15.3 Å². The standard InChI is InChI=1S/C12H13N3O3S/c1-3-18-11(17)9-7(2)14-12(19-9)15-10(16)8-5-4-6-13-8/h4-6,13H,3H2,1-2H3,(H,14,15,16). The first kappa shape index (κ1) is 13.3. The highest BCUT2D eigenvalue weighted by atomic mass is 32.1. The van der Waals surface area contributed by atoms with Crippen molar-refractivity contribution < 1.29 is 14.3 Å². The summed E-state index contributed by atoms with van der Waals surface area (Å²) in [4.78, 5) is 30.8. The van der Waals surface area contributed by atoms with Crippen LogP contribution in [-0.4, -0.2) is 28.5 Å². The average molecular weight is 279 g/mol. The Hall–Kier alpha value is -2.15. The molecular formula is C12H13N3O3S. The van der Waals surface area contributed by atoms with Crippen molar-refractivity contribution in [1.82, 2.24) is 9.97 Å². The molecule has 0 atom stereocenters. The van der Waals surface area contributed by atoms with Crippen LogP contribution < -0.4 is 5.32 Å². The van der Waals surface area contributed by atoms with Crippen LogP contribution in [0.2, 0.25) is 0 Å². The first-order valence-electron chi connectivity index (χ1n) is 5.71. The van der Waals surface area contributed by atoms with Crippen LogP contribution in [0.25, 0.3) is 0 Å². The molecular weight excluding hydrogens is 266 g/mol. The third-order valence-electron chi connectivity index (χ3n) is 2.32. The highest BCUT2D eigenvalue weighted by Gasteiger charge is 2.18. The normalized spacial score (nSPS) is 10.2. The third kappa shape index (κ3) is 3.00. The molecule has 0 unspecified atom stereocenters. The van der Waals surface area contributed by atoms with E-state index < -0.39 is 5.97 Å². The van der Waals surface area contributed by atoms with E-state index in [-0.39, 0.29) is 5.91 Å². The molecule has 0 aromatic carbocycles. The minimum absolute atomic E-state index is 0.297. The molecule has 2 aromatic rings. The molecule has 6 nitrogen and oxygen atoms in total. The molecule has 0 saturated heterocycles. The number of nitrogens with one attached hydrogen (secondary N) is 2. The summed E-state index contributed by atoms with van der Waals surface area (Å²) in [7, 11) is 0. The fourth-order valence-electron chi connectivity index (χ4n) is 1.47. The number of hydrogen-bond acceptors (Lipinski definition) is 5. The molecule has 0 saturated carbocycles. The van der Waals surface area contributed by atoms with Crippen LogP contribution in [0.1, 0.15) is 32.8 Å². The minimum Gasteiger partial charge on any atom is -0.462 e. The van der Waals surface area contributed by atoms with E-state index in [1.165, 1.54) is 0 Å². The third-order valence-corrected chi connectivity index (χ3v) is 3.37. The van der Waals surface area contributed by atoms with Crippen LogP contribution in [-0.2, 0) is 4.74 Å². The lowest BCUT2D eigenvalue weighted by molar-refractivity contribution is 0.0531. The van der Waals surface area contributed by atoms with Gasteiger partial charge in [0.1, 0.15) is 10.6 Å². The maximum atomic E-state index is 11.8. The summed E-state index contributed by atoms with van der Waals surface area (Å²) < 4.78 is 4.91. The van der Waals surface area contributed by atoms with Crippen molar-refractivity contribution in [3.05, 3.63) is 34.6 Å². The number of rotatable bonds is 4. The number of ether oxygens (including phenoxy) is 1. The molecule has 7 heteroatoms. The van der Waals surface area contributed by atoms with Gasteiger partial charge in [0.25, 0.3) is 5.91 Å². The first-order valence-corrected chi connectivity index (χ1v) is 6.52.